The van der Waals surface area contributed by atoms with E-state index in [0.29, 0.717) is 18.5 Å². The van der Waals surface area contributed by atoms with Gasteiger partial charge in [-0.05, 0) is 43.9 Å². The maximum atomic E-state index is 12.2. The lowest BCUT2D eigenvalue weighted by Crippen LogP contribution is -2.26. The summed E-state index contributed by atoms with van der Waals surface area (Å²) in [6, 6.07) is 5.98. The van der Waals surface area contributed by atoms with E-state index in [1.807, 2.05) is 0 Å². The van der Waals surface area contributed by atoms with Crippen LogP contribution in [0.15, 0.2) is 29.2 Å². The third kappa shape index (κ3) is 5.05. The van der Waals surface area contributed by atoms with Gasteiger partial charge in [0, 0.05) is 18.2 Å². The molecule has 2 aliphatic carbocycles. The number of anilines is 1. The minimum absolute atomic E-state index is 0.000888. The van der Waals surface area contributed by atoms with Crippen molar-refractivity contribution in [2.45, 2.75) is 61.1 Å². The van der Waals surface area contributed by atoms with E-state index in [1.54, 1.807) is 12.1 Å². The Hall–Kier alpha value is -1.45. The second kappa shape index (κ2) is 7.66. The molecule has 2 fully saturated rings. The number of nitrogens with one attached hydrogen (secondary N) is 2. The summed E-state index contributed by atoms with van der Waals surface area (Å²) in [6.45, 7) is 0. The van der Waals surface area contributed by atoms with E-state index in [4.69, 9.17) is 0 Å². The number of hydrogen-bond donors (Lipinski definition) is 2. The Labute approximate surface area is 154 Å². The third-order valence-electron chi connectivity index (χ3n) is 4.75. The molecule has 144 valence electrons. The van der Waals surface area contributed by atoms with Crippen LogP contribution in [0.2, 0.25) is 0 Å². The summed E-state index contributed by atoms with van der Waals surface area (Å²) in [7, 11) is -6.85. The molecule has 0 atom stereocenters. The van der Waals surface area contributed by atoms with Gasteiger partial charge >= 0.3 is 0 Å². The first-order chi connectivity index (χ1) is 12.3. The summed E-state index contributed by atoms with van der Waals surface area (Å²) in [5, 5.41) is 2.27. The van der Waals surface area contributed by atoms with Crippen LogP contribution in [-0.2, 0) is 24.7 Å². The highest BCUT2D eigenvalue weighted by Crippen LogP contribution is 2.26. The van der Waals surface area contributed by atoms with E-state index in [2.05, 4.69) is 10.0 Å². The van der Waals surface area contributed by atoms with Crippen molar-refractivity contribution in [2.24, 2.45) is 0 Å². The lowest BCUT2D eigenvalue weighted by Gasteiger charge is -2.11. The highest BCUT2D eigenvalue weighted by atomic mass is 32.2. The van der Waals surface area contributed by atoms with Crippen LogP contribution in [0.3, 0.4) is 0 Å². The van der Waals surface area contributed by atoms with Crippen LogP contribution >= 0.6 is 0 Å². The number of rotatable bonds is 8. The molecule has 0 bridgehead atoms. The van der Waals surface area contributed by atoms with E-state index >= 15 is 0 Å². The number of carbonyl (C=O) groups excluding carboxylic acids is 1. The predicted molar refractivity (Wildman–Crippen MR) is 99.1 cm³/mol. The fraction of sp³-hybridized carbons (Fsp3) is 0.588. The van der Waals surface area contributed by atoms with Crippen LogP contribution in [0, 0.1) is 0 Å². The monoisotopic (exact) mass is 400 g/mol. The number of sulfonamides is 1. The fourth-order valence-electron chi connectivity index (χ4n) is 3.10. The molecule has 2 aliphatic rings. The van der Waals surface area contributed by atoms with E-state index in [-0.39, 0.29) is 28.4 Å². The van der Waals surface area contributed by atoms with Gasteiger partial charge < -0.3 is 5.32 Å². The molecule has 3 rings (SSSR count). The van der Waals surface area contributed by atoms with Gasteiger partial charge in [-0.1, -0.05) is 18.9 Å². The summed E-state index contributed by atoms with van der Waals surface area (Å²) in [4.78, 5) is 12.2. The zero-order chi connectivity index (χ0) is 18.8. The molecular weight excluding hydrogens is 376 g/mol. The molecule has 0 aromatic heterocycles. The Bertz CT molecular complexity index is 870. The summed E-state index contributed by atoms with van der Waals surface area (Å²) in [5.74, 6) is -0.610. The largest absolute Gasteiger partial charge is 0.326 e. The lowest BCUT2D eigenvalue weighted by atomic mass is 10.3. The molecule has 9 heteroatoms. The van der Waals surface area contributed by atoms with E-state index in [0.717, 1.165) is 25.7 Å². The maximum Gasteiger partial charge on any atom is 0.240 e. The second-order valence-corrected chi connectivity index (χ2v) is 11.1. The van der Waals surface area contributed by atoms with Crippen LogP contribution in [0.4, 0.5) is 5.69 Å². The van der Waals surface area contributed by atoms with Crippen molar-refractivity contribution in [3.05, 3.63) is 24.3 Å². The maximum absolute atomic E-state index is 12.2. The van der Waals surface area contributed by atoms with Gasteiger partial charge in [0.15, 0.2) is 9.84 Å². The van der Waals surface area contributed by atoms with Crippen LogP contribution in [0.25, 0.3) is 0 Å². The Morgan fingerprint density at radius 1 is 1.04 bits per heavy atom. The van der Waals surface area contributed by atoms with E-state index < -0.39 is 25.8 Å². The molecule has 1 amide bonds. The first-order valence-corrected chi connectivity index (χ1v) is 12.1. The van der Waals surface area contributed by atoms with E-state index in [1.165, 1.54) is 12.1 Å². The molecule has 0 saturated heterocycles. The predicted octanol–water partition coefficient (Wildman–Crippen LogP) is 1.81. The minimum atomic E-state index is -3.60. The van der Waals surface area contributed by atoms with Crippen molar-refractivity contribution >= 4 is 31.5 Å². The van der Waals surface area contributed by atoms with Crippen molar-refractivity contribution in [3.63, 3.8) is 0 Å². The van der Waals surface area contributed by atoms with E-state index in [9.17, 15) is 21.6 Å². The van der Waals surface area contributed by atoms with Crippen molar-refractivity contribution in [3.8, 4) is 0 Å². The van der Waals surface area contributed by atoms with Gasteiger partial charge in [0.05, 0.1) is 15.9 Å². The van der Waals surface area contributed by atoms with Crippen molar-refractivity contribution in [1.29, 1.82) is 0 Å². The van der Waals surface area contributed by atoms with Crippen molar-refractivity contribution < 1.29 is 21.6 Å². The van der Waals surface area contributed by atoms with Crippen LogP contribution in [0.5, 0.6) is 0 Å². The number of benzene rings is 1. The molecule has 1 aromatic carbocycles. The Morgan fingerprint density at radius 3 is 2.38 bits per heavy atom. The average Bonchev–Trinajstić information content (AvgIpc) is 3.20. The first-order valence-electron chi connectivity index (χ1n) is 8.90. The molecule has 2 N–H and O–H groups in total. The molecular formula is C17H24N2O5S2. The molecule has 1 aromatic rings. The van der Waals surface area contributed by atoms with Gasteiger partial charge in [-0.2, -0.15) is 0 Å². The Balaban J connectivity index is 1.58. The molecule has 0 heterocycles. The van der Waals surface area contributed by atoms with Gasteiger partial charge in [-0.15, -0.1) is 0 Å². The number of carbonyl (C=O) groups is 1. The quantitative estimate of drug-likeness (QED) is 0.692. The summed E-state index contributed by atoms with van der Waals surface area (Å²) in [6.07, 6.45) is 4.75. The van der Waals surface area contributed by atoms with Crippen LogP contribution in [0.1, 0.15) is 44.9 Å². The topological polar surface area (TPSA) is 109 Å². The number of hydrogen-bond acceptors (Lipinski definition) is 5. The summed E-state index contributed by atoms with van der Waals surface area (Å²) in [5.41, 5.74) is 0.340. The van der Waals surface area contributed by atoms with Crippen molar-refractivity contribution in [2.75, 3.05) is 11.1 Å². The van der Waals surface area contributed by atoms with Gasteiger partial charge in [0.2, 0.25) is 15.9 Å². The number of amides is 1. The van der Waals surface area contributed by atoms with Crippen molar-refractivity contribution in [1.82, 2.24) is 4.72 Å². The smallest absolute Gasteiger partial charge is 0.240 e. The summed E-state index contributed by atoms with van der Waals surface area (Å²) < 4.78 is 51.5. The molecule has 0 spiro atoms. The van der Waals surface area contributed by atoms with Gasteiger partial charge in [-0.25, -0.2) is 21.6 Å². The third-order valence-corrected chi connectivity index (χ3v) is 8.53. The molecule has 0 radical (unpaired) electrons. The Kier molecular flexibility index (Phi) is 5.69. The summed E-state index contributed by atoms with van der Waals surface area (Å²) >= 11 is 0. The molecule has 0 unspecified atom stereocenters. The fourth-order valence-corrected chi connectivity index (χ4v) is 6.31. The molecule has 26 heavy (non-hydrogen) atoms. The first kappa shape index (κ1) is 19.3. The van der Waals surface area contributed by atoms with Crippen LogP contribution < -0.4 is 10.0 Å². The SMILES string of the molecule is O=C(CCS(=O)(=O)C1CCCC1)Nc1cccc(S(=O)(=O)NC2CC2)c1. The zero-order valence-electron chi connectivity index (χ0n) is 14.5. The zero-order valence-corrected chi connectivity index (χ0v) is 16.1. The molecule has 7 nitrogen and oxygen atoms in total. The standard InChI is InChI=1S/C17H24N2O5S2/c20-17(10-11-25(21,22)15-5-1-2-6-15)18-14-4-3-7-16(12-14)26(23,24)19-13-8-9-13/h3-4,7,12-13,15,19H,1-2,5-6,8-11H2,(H,18,20). The van der Waals surface area contributed by atoms with Gasteiger partial charge in [0.25, 0.3) is 0 Å². The highest BCUT2D eigenvalue weighted by molar-refractivity contribution is 7.92. The number of sulfone groups is 1. The average molecular weight is 401 g/mol. The molecule has 0 aliphatic heterocycles. The normalized spacial score (nSPS) is 18.8. The lowest BCUT2D eigenvalue weighted by molar-refractivity contribution is -0.115. The van der Waals surface area contributed by atoms with Gasteiger partial charge in [-0.3, -0.25) is 4.79 Å². The highest BCUT2D eigenvalue weighted by Gasteiger charge is 2.29. The minimum Gasteiger partial charge on any atom is -0.326 e. The van der Waals surface area contributed by atoms with Gasteiger partial charge in [0.1, 0.15) is 0 Å². The van der Waals surface area contributed by atoms with Crippen LogP contribution in [-0.4, -0.2) is 39.8 Å². The molecule has 2 saturated carbocycles. The Morgan fingerprint density at radius 2 is 1.73 bits per heavy atom. The second-order valence-electron chi connectivity index (χ2n) is 7.00.